The maximum atomic E-state index is 14.5. The highest BCUT2D eigenvalue weighted by Crippen LogP contribution is 2.34. The smallest absolute Gasteiger partial charge is 0.408 e. The molecule has 40 heavy (non-hydrogen) atoms. The number of carbonyl (C=O) groups excluding carboxylic acids is 3. The van der Waals surface area contributed by atoms with Crippen LogP contribution in [-0.4, -0.2) is 40.0 Å². The number of alkyl carbamates (subject to hydrolysis) is 1. The predicted molar refractivity (Wildman–Crippen MR) is 163 cm³/mol. The first-order valence-corrected chi connectivity index (χ1v) is 14.3. The van der Waals surface area contributed by atoms with Crippen molar-refractivity contribution in [3.63, 3.8) is 0 Å². The first kappa shape index (κ1) is 33.1. The van der Waals surface area contributed by atoms with Crippen LogP contribution in [-0.2, 0) is 20.7 Å². The highest BCUT2D eigenvalue weighted by Gasteiger charge is 2.43. The number of amides is 3. The van der Waals surface area contributed by atoms with Crippen LogP contribution >= 0.6 is 11.6 Å². The van der Waals surface area contributed by atoms with Crippen molar-refractivity contribution in [3.05, 3.63) is 64.2 Å². The topological polar surface area (TPSA) is 87.7 Å². The second-order valence-electron chi connectivity index (χ2n) is 12.3. The van der Waals surface area contributed by atoms with Crippen molar-refractivity contribution >= 4 is 35.2 Å². The molecule has 0 saturated heterocycles. The van der Waals surface area contributed by atoms with Gasteiger partial charge in [-0.3, -0.25) is 9.59 Å². The molecule has 2 N–H and O–H groups in total. The molecule has 2 aromatic carbocycles. The Morgan fingerprint density at radius 1 is 0.975 bits per heavy atom. The molecule has 2 rings (SSSR count). The fourth-order valence-electron chi connectivity index (χ4n) is 4.45. The van der Waals surface area contributed by atoms with E-state index in [0.29, 0.717) is 22.7 Å². The van der Waals surface area contributed by atoms with Crippen LogP contribution in [0.3, 0.4) is 0 Å². The summed E-state index contributed by atoms with van der Waals surface area (Å²) in [5, 5.41) is 6.20. The van der Waals surface area contributed by atoms with Crippen molar-refractivity contribution in [2.24, 2.45) is 5.92 Å². The van der Waals surface area contributed by atoms with Crippen LogP contribution in [0.4, 0.5) is 10.5 Å². The van der Waals surface area contributed by atoms with Crippen LogP contribution in [0, 0.1) is 12.8 Å². The molecule has 0 aromatic heterocycles. The van der Waals surface area contributed by atoms with E-state index in [0.717, 1.165) is 17.5 Å². The Labute approximate surface area is 245 Å². The molecule has 0 aliphatic heterocycles. The minimum Gasteiger partial charge on any atom is -0.444 e. The Morgan fingerprint density at radius 2 is 1.57 bits per heavy atom. The minimum absolute atomic E-state index is 0.221. The van der Waals surface area contributed by atoms with Gasteiger partial charge in [0, 0.05) is 5.54 Å². The summed E-state index contributed by atoms with van der Waals surface area (Å²) in [5.41, 5.74) is 1.55. The van der Waals surface area contributed by atoms with Crippen LogP contribution in [0.5, 0.6) is 0 Å². The van der Waals surface area contributed by atoms with E-state index >= 15 is 0 Å². The van der Waals surface area contributed by atoms with Crippen molar-refractivity contribution in [1.29, 1.82) is 0 Å². The fraction of sp³-hybridized carbons (Fsp3) is 0.531. The molecule has 0 aliphatic carbocycles. The summed E-state index contributed by atoms with van der Waals surface area (Å²) in [6.45, 7) is 18.7. The molecule has 3 amide bonds. The third kappa shape index (κ3) is 8.72. The minimum atomic E-state index is -0.999. The molecule has 0 fully saturated rings. The normalized spacial score (nSPS) is 14.1. The number of halogens is 1. The third-order valence-electron chi connectivity index (χ3n) is 6.79. The number of para-hydroxylation sites is 1. The quantitative estimate of drug-likeness (QED) is 0.327. The maximum Gasteiger partial charge on any atom is 0.408 e. The van der Waals surface area contributed by atoms with Gasteiger partial charge < -0.3 is 20.3 Å². The summed E-state index contributed by atoms with van der Waals surface area (Å²) in [4.78, 5) is 43.0. The standard InChI is InChI=1S/C32H46ClN3O4/c1-11-20(3)26(35-30(39)40-32(8,9)10)29(38)36(31(5,6)7)27(23-18-16-22(12-2)17-19-23)28(37)34-25-21(4)14-13-15-24(25)33/h13-20,26-27H,11-12H2,1-10H3,(H,34,37)(H,35,39). The molecular weight excluding hydrogens is 526 g/mol. The molecule has 2 aromatic rings. The largest absolute Gasteiger partial charge is 0.444 e. The summed E-state index contributed by atoms with van der Waals surface area (Å²) in [5.74, 6) is -0.992. The monoisotopic (exact) mass is 571 g/mol. The van der Waals surface area contributed by atoms with Crippen molar-refractivity contribution in [3.8, 4) is 0 Å². The van der Waals surface area contributed by atoms with Crippen LogP contribution in [0.1, 0.15) is 91.5 Å². The van der Waals surface area contributed by atoms with Crippen LogP contribution in [0.2, 0.25) is 5.02 Å². The van der Waals surface area contributed by atoms with Crippen LogP contribution in [0.25, 0.3) is 0 Å². The zero-order chi connectivity index (χ0) is 30.4. The van der Waals surface area contributed by atoms with Gasteiger partial charge in [-0.05, 0) is 83.6 Å². The molecule has 0 radical (unpaired) electrons. The average molecular weight is 572 g/mol. The highest BCUT2D eigenvalue weighted by molar-refractivity contribution is 6.34. The number of hydrogen-bond acceptors (Lipinski definition) is 4. The van der Waals surface area contributed by atoms with Gasteiger partial charge in [0.05, 0.1) is 10.7 Å². The number of carbonyl (C=O) groups is 3. The molecule has 0 spiro atoms. The Balaban J connectivity index is 2.66. The zero-order valence-electron chi connectivity index (χ0n) is 25.6. The summed E-state index contributed by atoms with van der Waals surface area (Å²) in [7, 11) is 0. The zero-order valence-corrected chi connectivity index (χ0v) is 26.4. The lowest BCUT2D eigenvalue weighted by Gasteiger charge is -2.44. The van der Waals surface area contributed by atoms with Gasteiger partial charge in [-0.25, -0.2) is 4.79 Å². The number of nitrogens with one attached hydrogen (secondary N) is 2. The molecule has 0 bridgehead atoms. The number of benzene rings is 2. The average Bonchev–Trinajstić information content (AvgIpc) is 2.85. The molecule has 8 heteroatoms. The molecule has 0 saturated carbocycles. The lowest BCUT2D eigenvalue weighted by atomic mass is 9.91. The fourth-order valence-corrected chi connectivity index (χ4v) is 4.72. The van der Waals surface area contributed by atoms with Crippen molar-refractivity contribution < 1.29 is 19.1 Å². The number of nitrogens with zero attached hydrogens (tertiary/aromatic N) is 1. The Bertz CT molecular complexity index is 1160. The maximum absolute atomic E-state index is 14.5. The summed E-state index contributed by atoms with van der Waals surface area (Å²) >= 11 is 6.46. The number of ether oxygens (including phenoxy) is 1. The van der Waals surface area contributed by atoms with E-state index in [1.807, 2.05) is 77.9 Å². The lowest BCUT2D eigenvalue weighted by Crippen LogP contribution is -2.59. The van der Waals surface area contributed by atoms with Crippen LogP contribution < -0.4 is 10.6 Å². The third-order valence-corrected chi connectivity index (χ3v) is 7.11. The van der Waals surface area contributed by atoms with Gasteiger partial charge in [-0.1, -0.05) is 75.2 Å². The van der Waals surface area contributed by atoms with Crippen LogP contribution in [0.15, 0.2) is 42.5 Å². The predicted octanol–water partition coefficient (Wildman–Crippen LogP) is 7.46. The number of hydrogen-bond donors (Lipinski definition) is 2. The Morgan fingerprint density at radius 3 is 2.05 bits per heavy atom. The summed E-state index contributed by atoms with van der Waals surface area (Å²) < 4.78 is 5.49. The molecular formula is C32H46ClN3O4. The molecule has 0 aliphatic rings. The number of anilines is 1. The summed E-state index contributed by atoms with van der Waals surface area (Å²) in [6.07, 6.45) is 0.791. The molecule has 220 valence electrons. The van der Waals surface area contributed by atoms with E-state index < -0.39 is 35.2 Å². The number of rotatable bonds is 9. The van der Waals surface area contributed by atoms with E-state index in [2.05, 4.69) is 17.6 Å². The van der Waals surface area contributed by atoms with Gasteiger partial charge in [0.1, 0.15) is 17.7 Å². The molecule has 3 atom stereocenters. The second-order valence-corrected chi connectivity index (χ2v) is 12.7. The molecule has 7 nitrogen and oxygen atoms in total. The Hall–Kier alpha value is -3.06. The van der Waals surface area contributed by atoms with Gasteiger partial charge in [0.2, 0.25) is 5.91 Å². The lowest BCUT2D eigenvalue weighted by molar-refractivity contribution is -0.147. The van der Waals surface area contributed by atoms with Gasteiger partial charge >= 0.3 is 6.09 Å². The van der Waals surface area contributed by atoms with Gasteiger partial charge in [0.15, 0.2) is 0 Å². The first-order chi connectivity index (χ1) is 18.5. The van der Waals surface area contributed by atoms with Gasteiger partial charge in [-0.2, -0.15) is 0 Å². The molecule has 3 unspecified atom stereocenters. The van der Waals surface area contributed by atoms with Gasteiger partial charge in [0.25, 0.3) is 5.91 Å². The van der Waals surface area contributed by atoms with E-state index in [1.54, 1.807) is 31.7 Å². The molecule has 0 heterocycles. The van der Waals surface area contributed by atoms with Crippen molar-refractivity contribution in [2.75, 3.05) is 5.32 Å². The van der Waals surface area contributed by atoms with E-state index in [4.69, 9.17) is 16.3 Å². The van der Waals surface area contributed by atoms with E-state index in [1.165, 1.54) is 0 Å². The van der Waals surface area contributed by atoms with E-state index in [9.17, 15) is 14.4 Å². The Kier molecular flexibility index (Phi) is 11.2. The first-order valence-electron chi connectivity index (χ1n) is 14.0. The van der Waals surface area contributed by atoms with E-state index in [-0.39, 0.29) is 11.8 Å². The highest BCUT2D eigenvalue weighted by atomic mass is 35.5. The van der Waals surface area contributed by atoms with Crippen molar-refractivity contribution in [1.82, 2.24) is 10.2 Å². The number of aryl methyl sites for hydroxylation is 2. The SMILES string of the molecule is CCc1ccc(C(C(=O)Nc2c(C)cccc2Cl)N(C(=O)C(NC(=O)OC(C)(C)C)C(C)CC)C(C)(C)C)cc1. The van der Waals surface area contributed by atoms with Crippen molar-refractivity contribution in [2.45, 2.75) is 105 Å². The second kappa shape index (κ2) is 13.5. The van der Waals surface area contributed by atoms with Gasteiger partial charge in [-0.15, -0.1) is 0 Å². The summed E-state index contributed by atoms with van der Waals surface area (Å²) in [6, 6.07) is 11.2.